The number of hydrogen-bond donors (Lipinski definition) is 1. The van der Waals surface area contributed by atoms with Crippen molar-refractivity contribution in [3.8, 4) is 5.75 Å². The van der Waals surface area contributed by atoms with E-state index in [1.807, 2.05) is 0 Å². The summed E-state index contributed by atoms with van der Waals surface area (Å²) in [6, 6.07) is 5.18. The predicted molar refractivity (Wildman–Crippen MR) is 93.1 cm³/mol. The number of ether oxygens (including phenoxy) is 1. The molecule has 1 aliphatic rings. The van der Waals surface area contributed by atoms with Crippen LogP contribution in [0.3, 0.4) is 0 Å². The summed E-state index contributed by atoms with van der Waals surface area (Å²) < 4.78 is 47.4. The number of carboxylic acids is 1. The van der Waals surface area contributed by atoms with E-state index in [2.05, 4.69) is 0 Å². The van der Waals surface area contributed by atoms with Crippen molar-refractivity contribution in [1.82, 2.24) is 4.90 Å². The quantitative estimate of drug-likeness (QED) is 0.848. The lowest BCUT2D eigenvalue weighted by molar-refractivity contribution is -0.145. The van der Waals surface area contributed by atoms with E-state index in [9.17, 15) is 23.1 Å². The number of carbonyl (C=O) groups is 1. The largest absolute Gasteiger partial charge is 0.496 e. The van der Waals surface area contributed by atoms with Crippen molar-refractivity contribution >= 4 is 5.97 Å². The first-order valence-electron chi connectivity index (χ1n) is 8.69. The Hall–Kier alpha value is -2.54. The van der Waals surface area contributed by atoms with E-state index < -0.39 is 35.5 Å². The summed E-state index contributed by atoms with van der Waals surface area (Å²) in [6.07, 6.45) is 1.85. The number of rotatable bonds is 5. The molecule has 1 heterocycles. The molecule has 1 saturated heterocycles. The van der Waals surface area contributed by atoms with Crippen LogP contribution in [0.2, 0.25) is 0 Å². The molecule has 27 heavy (non-hydrogen) atoms. The second-order valence-electron chi connectivity index (χ2n) is 6.54. The molecule has 0 aliphatic carbocycles. The first-order valence-corrected chi connectivity index (χ1v) is 8.69. The van der Waals surface area contributed by atoms with Crippen LogP contribution in [0.4, 0.5) is 13.2 Å². The first-order chi connectivity index (χ1) is 12.9. The number of benzene rings is 2. The Kier molecular flexibility index (Phi) is 5.70. The number of methoxy groups -OCH3 is 1. The Morgan fingerprint density at radius 3 is 2.48 bits per heavy atom. The van der Waals surface area contributed by atoms with Crippen molar-refractivity contribution < 1.29 is 27.8 Å². The molecule has 0 aromatic heterocycles. The fourth-order valence-electron chi connectivity index (χ4n) is 3.70. The summed E-state index contributed by atoms with van der Waals surface area (Å²) in [5.41, 5.74) is 0.379. The van der Waals surface area contributed by atoms with Crippen LogP contribution in [-0.2, 0) is 4.79 Å². The van der Waals surface area contributed by atoms with Crippen LogP contribution >= 0.6 is 0 Å². The number of nitrogens with zero attached hydrogens (tertiary/aromatic N) is 1. The van der Waals surface area contributed by atoms with Gasteiger partial charge in [0.1, 0.15) is 29.2 Å². The highest BCUT2D eigenvalue weighted by Crippen LogP contribution is 2.39. The van der Waals surface area contributed by atoms with Gasteiger partial charge in [0.25, 0.3) is 0 Å². The molecule has 3 rings (SSSR count). The second kappa shape index (κ2) is 8.00. The molecular formula is C20H20F3NO3. The standard InChI is InChI=1S/C20H20F3NO3/c1-27-18-8-6-12(21)10-15(18)19(14-7-5-13(22)11-16(14)23)24-9-3-2-4-17(24)20(25)26/h5-8,10-11,17,19H,2-4,9H2,1H3,(H,25,26). The molecule has 144 valence electrons. The van der Waals surface area contributed by atoms with E-state index in [0.29, 0.717) is 24.3 Å². The predicted octanol–water partition coefficient (Wildman–Crippen LogP) is 4.14. The van der Waals surface area contributed by atoms with Gasteiger partial charge in [0, 0.05) is 17.2 Å². The van der Waals surface area contributed by atoms with E-state index in [4.69, 9.17) is 4.74 Å². The van der Waals surface area contributed by atoms with Crippen LogP contribution < -0.4 is 4.74 Å². The average molecular weight is 379 g/mol. The smallest absolute Gasteiger partial charge is 0.320 e. The van der Waals surface area contributed by atoms with Gasteiger partial charge in [0.2, 0.25) is 0 Å². The monoisotopic (exact) mass is 379 g/mol. The van der Waals surface area contributed by atoms with E-state index in [0.717, 1.165) is 25.0 Å². The summed E-state index contributed by atoms with van der Waals surface area (Å²) in [7, 11) is 1.40. The van der Waals surface area contributed by atoms with Gasteiger partial charge in [-0.15, -0.1) is 0 Å². The first kappa shape index (κ1) is 19.2. The molecule has 1 N–H and O–H groups in total. The van der Waals surface area contributed by atoms with E-state index in [-0.39, 0.29) is 5.56 Å². The fraction of sp³-hybridized carbons (Fsp3) is 0.350. The fourth-order valence-corrected chi connectivity index (χ4v) is 3.70. The highest BCUT2D eigenvalue weighted by molar-refractivity contribution is 5.73. The Morgan fingerprint density at radius 2 is 1.81 bits per heavy atom. The molecule has 0 spiro atoms. The minimum atomic E-state index is -1.03. The summed E-state index contributed by atoms with van der Waals surface area (Å²) in [4.78, 5) is 13.4. The minimum Gasteiger partial charge on any atom is -0.496 e. The van der Waals surface area contributed by atoms with Gasteiger partial charge in [-0.25, -0.2) is 13.2 Å². The van der Waals surface area contributed by atoms with Crippen LogP contribution in [-0.4, -0.2) is 35.7 Å². The van der Waals surface area contributed by atoms with Gasteiger partial charge in [-0.1, -0.05) is 12.5 Å². The van der Waals surface area contributed by atoms with Crippen LogP contribution in [0.15, 0.2) is 36.4 Å². The number of hydrogen-bond acceptors (Lipinski definition) is 3. The number of halogens is 3. The zero-order valence-corrected chi connectivity index (χ0v) is 14.8. The van der Waals surface area contributed by atoms with Gasteiger partial charge in [0.05, 0.1) is 13.2 Å². The maximum Gasteiger partial charge on any atom is 0.320 e. The average Bonchev–Trinajstić information content (AvgIpc) is 2.64. The molecule has 1 aliphatic heterocycles. The molecule has 0 saturated carbocycles. The van der Waals surface area contributed by atoms with Crippen LogP contribution in [0.25, 0.3) is 0 Å². The van der Waals surface area contributed by atoms with Crippen LogP contribution in [0, 0.1) is 17.5 Å². The SMILES string of the molecule is COc1ccc(F)cc1C(c1ccc(F)cc1F)N1CCCCC1C(=O)O. The van der Waals surface area contributed by atoms with Gasteiger partial charge in [0.15, 0.2) is 0 Å². The van der Waals surface area contributed by atoms with Gasteiger partial charge in [-0.2, -0.15) is 0 Å². The van der Waals surface area contributed by atoms with Gasteiger partial charge >= 0.3 is 5.97 Å². The van der Waals surface area contributed by atoms with Crippen LogP contribution in [0.1, 0.15) is 36.4 Å². The summed E-state index contributed by atoms with van der Waals surface area (Å²) in [5.74, 6) is -2.84. The van der Waals surface area contributed by atoms with Crippen molar-refractivity contribution in [2.24, 2.45) is 0 Å². The molecule has 0 bridgehead atoms. The third-order valence-corrected chi connectivity index (χ3v) is 4.90. The zero-order chi connectivity index (χ0) is 19.6. The molecule has 4 nitrogen and oxygen atoms in total. The Morgan fingerprint density at radius 1 is 1.11 bits per heavy atom. The molecular weight excluding hydrogens is 359 g/mol. The lowest BCUT2D eigenvalue weighted by Crippen LogP contribution is -2.47. The normalized spacial score (nSPS) is 18.9. The van der Waals surface area contributed by atoms with E-state index >= 15 is 0 Å². The number of aliphatic carboxylic acids is 1. The molecule has 1 fully saturated rings. The molecule has 0 amide bonds. The van der Waals surface area contributed by atoms with Gasteiger partial charge < -0.3 is 9.84 Å². The number of piperidine rings is 1. The highest BCUT2D eigenvalue weighted by Gasteiger charge is 2.37. The third kappa shape index (κ3) is 3.93. The topological polar surface area (TPSA) is 49.8 Å². The summed E-state index contributed by atoms with van der Waals surface area (Å²) >= 11 is 0. The van der Waals surface area contributed by atoms with Crippen molar-refractivity contribution in [2.75, 3.05) is 13.7 Å². The van der Waals surface area contributed by atoms with E-state index in [1.54, 1.807) is 4.90 Å². The van der Waals surface area contributed by atoms with Gasteiger partial charge in [-0.3, -0.25) is 9.69 Å². The molecule has 2 aromatic rings. The van der Waals surface area contributed by atoms with Gasteiger partial charge in [-0.05, 0) is 43.7 Å². The second-order valence-corrected chi connectivity index (χ2v) is 6.54. The maximum absolute atomic E-state index is 14.7. The number of carboxylic acid groups (broad SMARTS) is 1. The van der Waals surface area contributed by atoms with Crippen LogP contribution in [0.5, 0.6) is 5.75 Å². The lowest BCUT2D eigenvalue weighted by Gasteiger charge is -2.40. The van der Waals surface area contributed by atoms with Crippen molar-refractivity contribution in [2.45, 2.75) is 31.3 Å². The number of likely N-dealkylation sites (tertiary alicyclic amines) is 1. The minimum absolute atomic E-state index is 0.0773. The molecule has 2 unspecified atom stereocenters. The third-order valence-electron chi connectivity index (χ3n) is 4.90. The molecule has 2 atom stereocenters. The zero-order valence-electron chi connectivity index (χ0n) is 14.8. The maximum atomic E-state index is 14.7. The lowest BCUT2D eigenvalue weighted by atomic mass is 9.90. The Labute approximate surface area is 155 Å². The van der Waals surface area contributed by atoms with Crippen molar-refractivity contribution in [1.29, 1.82) is 0 Å². The van der Waals surface area contributed by atoms with Crippen molar-refractivity contribution in [3.05, 3.63) is 65.0 Å². The Bertz CT molecular complexity index is 843. The summed E-state index contributed by atoms with van der Waals surface area (Å²) in [5, 5.41) is 9.65. The summed E-state index contributed by atoms with van der Waals surface area (Å²) in [6.45, 7) is 0.387. The highest BCUT2D eigenvalue weighted by atomic mass is 19.1. The molecule has 0 radical (unpaired) electrons. The molecule has 2 aromatic carbocycles. The molecule has 7 heteroatoms. The Balaban J connectivity index is 2.20. The van der Waals surface area contributed by atoms with E-state index in [1.165, 1.54) is 31.4 Å². The van der Waals surface area contributed by atoms with Crippen molar-refractivity contribution in [3.63, 3.8) is 0 Å².